The normalized spacial score (nSPS) is 11.6. The SMILES string of the molecule is CCOC(=O)CCN(C)C(=O)C(C)Oc1ccccc1F. The molecule has 1 aromatic carbocycles. The van der Waals surface area contributed by atoms with Crippen LogP contribution >= 0.6 is 0 Å². The molecule has 1 rings (SSSR count). The predicted molar refractivity (Wildman–Crippen MR) is 75.4 cm³/mol. The van der Waals surface area contributed by atoms with Crippen LogP contribution in [0, 0.1) is 5.82 Å². The Labute approximate surface area is 123 Å². The summed E-state index contributed by atoms with van der Waals surface area (Å²) in [7, 11) is 1.56. The van der Waals surface area contributed by atoms with Gasteiger partial charge < -0.3 is 14.4 Å². The van der Waals surface area contributed by atoms with Gasteiger partial charge in [0.1, 0.15) is 0 Å². The molecule has 6 heteroatoms. The number of esters is 1. The third-order valence-corrected chi connectivity index (χ3v) is 2.82. The Bertz CT molecular complexity index is 492. The van der Waals surface area contributed by atoms with Crippen LogP contribution in [0.4, 0.5) is 4.39 Å². The summed E-state index contributed by atoms with van der Waals surface area (Å²) in [5.41, 5.74) is 0. The smallest absolute Gasteiger partial charge is 0.307 e. The number of halogens is 1. The summed E-state index contributed by atoms with van der Waals surface area (Å²) in [4.78, 5) is 24.7. The van der Waals surface area contributed by atoms with Crippen molar-refractivity contribution in [2.75, 3.05) is 20.2 Å². The van der Waals surface area contributed by atoms with E-state index in [9.17, 15) is 14.0 Å². The van der Waals surface area contributed by atoms with Gasteiger partial charge in [0.15, 0.2) is 17.7 Å². The largest absolute Gasteiger partial charge is 0.478 e. The molecule has 21 heavy (non-hydrogen) atoms. The van der Waals surface area contributed by atoms with Crippen molar-refractivity contribution in [3.05, 3.63) is 30.1 Å². The minimum atomic E-state index is -0.839. The van der Waals surface area contributed by atoms with Crippen molar-refractivity contribution in [1.29, 1.82) is 0 Å². The molecule has 5 nitrogen and oxygen atoms in total. The summed E-state index contributed by atoms with van der Waals surface area (Å²) >= 11 is 0. The van der Waals surface area contributed by atoms with Crippen molar-refractivity contribution in [3.8, 4) is 5.75 Å². The Morgan fingerprint density at radius 1 is 1.33 bits per heavy atom. The fraction of sp³-hybridized carbons (Fsp3) is 0.467. The Balaban J connectivity index is 2.50. The molecule has 0 heterocycles. The minimum absolute atomic E-state index is 0.0251. The molecule has 0 aromatic heterocycles. The molecule has 0 saturated heterocycles. The lowest BCUT2D eigenvalue weighted by Crippen LogP contribution is -2.39. The van der Waals surface area contributed by atoms with Gasteiger partial charge in [-0.2, -0.15) is 0 Å². The number of ether oxygens (including phenoxy) is 2. The summed E-state index contributed by atoms with van der Waals surface area (Å²) in [5, 5.41) is 0. The maximum absolute atomic E-state index is 13.4. The van der Waals surface area contributed by atoms with Crippen LogP contribution in [0.15, 0.2) is 24.3 Å². The molecule has 0 radical (unpaired) electrons. The lowest BCUT2D eigenvalue weighted by molar-refractivity contribution is -0.144. The standard InChI is InChI=1S/C15H20FNO4/c1-4-20-14(18)9-10-17(3)15(19)11(2)21-13-8-6-5-7-12(13)16/h5-8,11H,4,9-10H2,1-3H3. The first kappa shape index (κ1) is 16.9. The number of nitrogens with zero attached hydrogens (tertiary/aromatic N) is 1. The van der Waals surface area contributed by atoms with Crippen molar-refractivity contribution in [2.24, 2.45) is 0 Å². The Kier molecular flexibility index (Phi) is 6.65. The fourth-order valence-corrected chi connectivity index (χ4v) is 1.69. The second kappa shape index (κ2) is 8.24. The summed E-state index contributed by atoms with van der Waals surface area (Å²) in [6.45, 7) is 3.79. The number of carbonyl (C=O) groups excluding carboxylic acids is 2. The Morgan fingerprint density at radius 2 is 2.00 bits per heavy atom. The number of carbonyl (C=O) groups is 2. The zero-order valence-corrected chi connectivity index (χ0v) is 12.5. The molecule has 0 saturated carbocycles. The minimum Gasteiger partial charge on any atom is -0.478 e. The summed E-state index contributed by atoms with van der Waals surface area (Å²) < 4.78 is 23.5. The van der Waals surface area contributed by atoms with Crippen LogP contribution in [0.3, 0.4) is 0 Å². The molecule has 1 amide bonds. The van der Waals surface area contributed by atoms with Crippen molar-refractivity contribution in [2.45, 2.75) is 26.4 Å². The second-order valence-electron chi connectivity index (χ2n) is 4.51. The van der Waals surface area contributed by atoms with Gasteiger partial charge in [-0.25, -0.2) is 4.39 Å². The first-order valence-corrected chi connectivity index (χ1v) is 6.77. The van der Waals surface area contributed by atoms with Crippen LogP contribution in [0.1, 0.15) is 20.3 Å². The lowest BCUT2D eigenvalue weighted by Gasteiger charge is -2.22. The molecule has 0 fully saturated rings. The van der Waals surface area contributed by atoms with Gasteiger partial charge in [-0.15, -0.1) is 0 Å². The molecule has 1 atom stereocenters. The number of rotatable bonds is 7. The van der Waals surface area contributed by atoms with Crippen LogP contribution in [0.2, 0.25) is 0 Å². The Hall–Kier alpha value is -2.11. The third-order valence-electron chi connectivity index (χ3n) is 2.82. The predicted octanol–water partition coefficient (Wildman–Crippen LogP) is 2.00. The first-order chi connectivity index (χ1) is 9.95. The average Bonchev–Trinajstić information content (AvgIpc) is 2.46. The zero-order chi connectivity index (χ0) is 15.8. The third kappa shape index (κ3) is 5.41. The van der Waals surface area contributed by atoms with Gasteiger partial charge in [0.25, 0.3) is 5.91 Å². The van der Waals surface area contributed by atoms with Crippen LogP contribution < -0.4 is 4.74 Å². The van der Waals surface area contributed by atoms with Crippen molar-refractivity contribution >= 4 is 11.9 Å². The van der Waals surface area contributed by atoms with Crippen LogP contribution in [-0.4, -0.2) is 43.1 Å². The van der Waals surface area contributed by atoms with Crippen molar-refractivity contribution in [1.82, 2.24) is 4.90 Å². The lowest BCUT2D eigenvalue weighted by atomic mass is 10.3. The molecule has 0 N–H and O–H groups in total. The maximum Gasteiger partial charge on any atom is 0.307 e. The summed E-state index contributed by atoms with van der Waals surface area (Å²) in [5.74, 6) is -1.19. The van der Waals surface area contributed by atoms with Crippen molar-refractivity contribution < 1.29 is 23.5 Å². The monoisotopic (exact) mass is 297 g/mol. The highest BCUT2D eigenvalue weighted by Crippen LogP contribution is 2.17. The van der Waals surface area contributed by atoms with E-state index in [1.165, 1.54) is 24.0 Å². The van der Waals surface area contributed by atoms with Crippen LogP contribution in [0.5, 0.6) is 5.75 Å². The van der Waals surface area contributed by atoms with E-state index in [-0.39, 0.29) is 30.6 Å². The van der Waals surface area contributed by atoms with E-state index in [1.807, 2.05) is 0 Å². The van der Waals surface area contributed by atoms with E-state index >= 15 is 0 Å². The van der Waals surface area contributed by atoms with E-state index < -0.39 is 11.9 Å². The van der Waals surface area contributed by atoms with Gasteiger partial charge in [0, 0.05) is 13.6 Å². The van der Waals surface area contributed by atoms with Crippen LogP contribution in [0.25, 0.3) is 0 Å². The molecule has 1 aromatic rings. The van der Waals surface area contributed by atoms with E-state index in [1.54, 1.807) is 26.1 Å². The second-order valence-corrected chi connectivity index (χ2v) is 4.51. The topological polar surface area (TPSA) is 55.8 Å². The van der Waals surface area contributed by atoms with E-state index in [0.717, 1.165) is 0 Å². The van der Waals surface area contributed by atoms with Gasteiger partial charge in [-0.05, 0) is 26.0 Å². The number of amides is 1. The Morgan fingerprint density at radius 3 is 2.62 bits per heavy atom. The number of hydrogen-bond acceptors (Lipinski definition) is 4. The maximum atomic E-state index is 13.4. The van der Waals surface area contributed by atoms with Gasteiger partial charge >= 0.3 is 5.97 Å². The van der Waals surface area contributed by atoms with E-state index in [2.05, 4.69) is 0 Å². The summed E-state index contributed by atoms with van der Waals surface area (Å²) in [6, 6.07) is 5.88. The molecular weight excluding hydrogens is 277 g/mol. The highest BCUT2D eigenvalue weighted by molar-refractivity contribution is 5.81. The summed E-state index contributed by atoms with van der Waals surface area (Å²) in [6.07, 6.45) is -0.725. The quantitative estimate of drug-likeness (QED) is 0.722. The fourth-order valence-electron chi connectivity index (χ4n) is 1.69. The van der Waals surface area contributed by atoms with Gasteiger partial charge in [0.2, 0.25) is 0 Å². The van der Waals surface area contributed by atoms with Gasteiger partial charge in [0.05, 0.1) is 13.0 Å². The zero-order valence-electron chi connectivity index (χ0n) is 12.5. The molecule has 0 bridgehead atoms. The molecule has 1 unspecified atom stereocenters. The number of hydrogen-bond donors (Lipinski definition) is 0. The molecule has 0 spiro atoms. The van der Waals surface area contributed by atoms with E-state index in [4.69, 9.17) is 9.47 Å². The molecule has 116 valence electrons. The highest BCUT2D eigenvalue weighted by Gasteiger charge is 2.20. The molecular formula is C15H20FNO4. The molecule has 0 aliphatic heterocycles. The van der Waals surface area contributed by atoms with Crippen LogP contribution in [-0.2, 0) is 14.3 Å². The van der Waals surface area contributed by atoms with Gasteiger partial charge in [-0.1, -0.05) is 12.1 Å². The highest BCUT2D eigenvalue weighted by atomic mass is 19.1. The molecule has 0 aliphatic rings. The van der Waals surface area contributed by atoms with E-state index in [0.29, 0.717) is 6.61 Å². The molecule has 0 aliphatic carbocycles. The number of likely N-dealkylation sites (N-methyl/N-ethyl adjacent to an activating group) is 1. The number of benzene rings is 1. The van der Waals surface area contributed by atoms with Crippen molar-refractivity contribution in [3.63, 3.8) is 0 Å². The number of para-hydroxylation sites is 1. The average molecular weight is 297 g/mol. The van der Waals surface area contributed by atoms with Gasteiger partial charge in [-0.3, -0.25) is 9.59 Å². The first-order valence-electron chi connectivity index (χ1n) is 6.77.